The minimum atomic E-state index is 0.248. The smallest absolute Gasteiger partial charge is 0.135 e. The van der Waals surface area contributed by atoms with Crippen LogP contribution in [-0.2, 0) is 6.42 Å². The van der Waals surface area contributed by atoms with Crippen LogP contribution >= 0.6 is 0 Å². The second-order valence-corrected chi connectivity index (χ2v) is 9.74. The van der Waals surface area contributed by atoms with Crippen molar-refractivity contribution in [2.45, 2.75) is 46.0 Å². The fraction of sp³-hybridized carbons (Fsp3) is 0.286. The molecule has 6 rings (SSSR count). The molecule has 0 radical (unpaired) electrons. The molecule has 0 N–H and O–H groups in total. The molecule has 0 amide bonds. The van der Waals surface area contributed by atoms with Crippen molar-refractivity contribution in [3.8, 4) is 11.3 Å². The first-order valence-electron chi connectivity index (χ1n) is 10.8. The summed E-state index contributed by atoms with van der Waals surface area (Å²) in [4.78, 5) is 0. The number of hydrogen-bond donors (Lipinski definition) is 0. The van der Waals surface area contributed by atoms with E-state index in [1.165, 1.54) is 43.5 Å². The zero-order valence-corrected chi connectivity index (χ0v) is 17.4. The fourth-order valence-electron chi connectivity index (χ4n) is 5.41. The number of aryl methyl sites for hydroxylation is 1. The molecule has 2 aliphatic carbocycles. The summed E-state index contributed by atoms with van der Waals surface area (Å²) in [6.07, 6.45) is 10.1. The van der Waals surface area contributed by atoms with Gasteiger partial charge in [-0.05, 0) is 86.7 Å². The largest absolute Gasteiger partial charge is 0.456 e. The van der Waals surface area contributed by atoms with Gasteiger partial charge in [-0.2, -0.15) is 0 Å². The van der Waals surface area contributed by atoms with E-state index in [0.29, 0.717) is 5.92 Å². The van der Waals surface area contributed by atoms with Gasteiger partial charge in [0.1, 0.15) is 11.5 Å². The van der Waals surface area contributed by atoms with Crippen molar-refractivity contribution in [3.05, 3.63) is 70.6 Å². The Hall–Kier alpha value is -2.80. The number of hydrogen-bond acceptors (Lipinski definition) is 1. The molecular weight excluding hydrogens is 352 g/mol. The predicted molar refractivity (Wildman–Crippen MR) is 123 cm³/mol. The molecule has 0 spiro atoms. The number of furan rings is 1. The van der Waals surface area contributed by atoms with Crippen LogP contribution in [0.3, 0.4) is 0 Å². The molecule has 1 nitrogen and oxygen atoms in total. The normalized spacial score (nSPS) is 18.2. The highest BCUT2D eigenvalue weighted by atomic mass is 16.3. The second kappa shape index (κ2) is 5.86. The lowest BCUT2D eigenvalue weighted by Gasteiger charge is -2.34. The Morgan fingerprint density at radius 2 is 1.83 bits per heavy atom. The molecule has 0 saturated carbocycles. The van der Waals surface area contributed by atoms with E-state index in [2.05, 4.69) is 81.5 Å². The monoisotopic (exact) mass is 378 g/mol. The molecule has 1 aromatic heterocycles. The zero-order chi connectivity index (χ0) is 19.8. The van der Waals surface area contributed by atoms with Crippen LogP contribution in [0.2, 0.25) is 0 Å². The maximum atomic E-state index is 6.28. The lowest BCUT2D eigenvalue weighted by molar-refractivity contribution is 0.326. The third-order valence-electron chi connectivity index (χ3n) is 6.93. The van der Waals surface area contributed by atoms with Gasteiger partial charge in [0.15, 0.2) is 0 Å². The second-order valence-electron chi connectivity index (χ2n) is 9.74. The molecule has 1 unspecified atom stereocenters. The summed E-state index contributed by atoms with van der Waals surface area (Å²) in [5.74, 6) is 2.58. The van der Waals surface area contributed by atoms with Gasteiger partial charge in [0, 0.05) is 5.56 Å². The van der Waals surface area contributed by atoms with Gasteiger partial charge >= 0.3 is 0 Å². The molecule has 144 valence electrons. The van der Waals surface area contributed by atoms with Crippen LogP contribution in [-0.4, -0.2) is 0 Å². The lowest BCUT2D eigenvalue weighted by atomic mass is 9.71. The maximum absolute atomic E-state index is 6.28. The Morgan fingerprint density at radius 3 is 2.66 bits per heavy atom. The summed E-state index contributed by atoms with van der Waals surface area (Å²) in [7, 11) is 0. The van der Waals surface area contributed by atoms with Crippen LogP contribution < -0.4 is 5.22 Å². The van der Waals surface area contributed by atoms with Crippen LogP contribution in [0.15, 0.2) is 53.0 Å². The predicted octanol–water partition coefficient (Wildman–Crippen LogP) is 7.25. The molecule has 1 heterocycles. The summed E-state index contributed by atoms with van der Waals surface area (Å²) < 4.78 is 6.28. The number of allylic oxidation sites excluding steroid dienone is 1. The van der Waals surface area contributed by atoms with Crippen molar-refractivity contribution < 1.29 is 4.42 Å². The van der Waals surface area contributed by atoms with Gasteiger partial charge in [0.25, 0.3) is 0 Å². The van der Waals surface area contributed by atoms with Gasteiger partial charge in [-0.1, -0.05) is 63.3 Å². The topological polar surface area (TPSA) is 13.1 Å². The summed E-state index contributed by atoms with van der Waals surface area (Å²) >= 11 is 0. The molecule has 0 aliphatic heterocycles. The molecule has 0 bridgehead atoms. The Morgan fingerprint density at radius 1 is 0.966 bits per heavy atom. The maximum Gasteiger partial charge on any atom is 0.135 e. The summed E-state index contributed by atoms with van der Waals surface area (Å²) in [6, 6.07) is 16.1. The first kappa shape index (κ1) is 17.1. The number of rotatable bonds is 1. The fourth-order valence-corrected chi connectivity index (χ4v) is 5.41. The molecule has 1 heteroatoms. The SMILES string of the molecule is CC(C)(C)C1CC=c2ccc3c(-c4cc5c(o4)C=CCC5)ccc4ccc1c2c43. The van der Waals surface area contributed by atoms with E-state index >= 15 is 0 Å². The third kappa shape index (κ3) is 2.46. The highest BCUT2D eigenvalue weighted by Gasteiger charge is 2.29. The Bertz CT molecular complexity index is 1360. The molecule has 0 saturated heterocycles. The van der Waals surface area contributed by atoms with E-state index < -0.39 is 0 Å². The Kier molecular flexibility index (Phi) is 3.45. The molecule has 2 aliphatic rings. The van der Waals surface area contributed by atoms with Gasteiger partial charge in [-0.3, -0.25) is 0 Å². The zero-order valence-electron chi connectivity index (χ0n) is 17.4. The van der Waals surface area contributed by atoms with Crippen LogP contribution in [0.5, 0.6) is 0 Å². The van der Waals surface area contributed by atoms with Crippen LogP contribution in [0.1, 0.15) is 56.4 Å². The van der Waals surface area contributed by atoms with Crippen molar-refractivity contribution in [3.63, 3.8) is 0 Å². The Balaban J connectivity index is 1.67. The van der Waals surface area contributed by atoms with Gasteiger partial charge in [0.05, 0.1) is 0 Å². The van der Waals surface area contributed by atoms with Crippen molar-refractivity contribution in [2.24, 2.45) is 5.41 Å². The summed E-state index contributed by atoms with van der Waals surface area (Å²) in [5.41, 5.74) is 4.30. The molecule has 1 atom stereocenters. The third-order valence-corrected chi connectivity index (χ3v) is 6.93. The average molecular weight is 379 g/mol. The first-order valence-corrected chi connectivity index (χ1v) is 10.8. The standard InChI is InChI=1S/C28H26O/c1-28(2,3)23-15-11-18-9-13-21-20(25-16-19-6-4-5-7-24(19)29-25)12-8-17-10-14-22(23)27(18)26(17)21/h5,7-14,16,23H,4,6,15H2,1-3H3. The molecular formula is C28H26O. The van der Waals surface area contributed by atoms with Gasteiger partial charge in [-0.15, -0.1) is 0 Å². The molecule has 0 fully saturated rings. The minimum Gasteiger partial charge on any atom is -0.456 e. The highest BCUT2D eigenvalue weighted by Crippen LogP contribution is 2.45. The first-order chi connectivity index (χ1) is 14.0. The van der Waals surface area contributed by atoms with Crippen LogP contribution in [0.25, 0.3) is 45.0 Å². The van der Waals surface area contributed by atoms with Gasteiger partial charge in [0.2, 0.25) is 0 Å². The molecule has 3 aromatic carbocycles. The van der Waals surface area contributed by atoms with E-state index in [1.54, 1.807) is 0 Å². The van der Waals surface area contributed by atoms with E-state index in [-0.39, 0.29) is 5.41 Å². The summed E-state index contributed by atoms with van der Waals surface area (Å²) in [5, 5.41) is 6.86. The van der Waals surface area contributed by atoms with E-state index in [4.69, 9.17) is 4.42 Å². The minimum absolute atomic E-state index is 0.248. The van der Waals surface area contributed by atoms with Gasteiger partial charge < -0.3 is 4.42 Å². The van der Waals surface area contributed by atoms with Crippen molar-refractivity contribution >= 4 is 33.7 Å². The molecule has 4 aromatic rings. The molecule has 29 heavy (non-hydrogen) atoms. The number of benzene rings is 3. The van der Waals surface area contributed by atoms with Crippen LogP contribution in [0, 0.1) is 5.41 Å². The highest BCUT2D eigenvalue weighted by molar-refractivity contribution is 6.16. The van der Waals surface area contributed by atoms with E-state index in [9.17, 15) is 0 Å². The van der Waals surface area contributed by atoms with Crippen molar-refractivity contribution in [1.29, 1.82) is 0 Å². The Labute approximate surface area is 171 Å². The number of fused-ring (bicyclic) bond motifs is 1. The lowest BCUT2D eigenvalue weighted by Crippen LogP contribution is -2.23. The van der Waals surface area contributed by atoms with Crippen molar-refractivity contribution in [1.82, 2.24) is 0 Å². The van der Waals surface area contributed by atoms with E-state index in [0.717, 1.165) is 30.8 Å². The van der Waals surface area contributed by atoms with E-state index in [1.807, 2.05) is 0 Å². The van der Waals surface area contributed by atoms with Crippen LogP contribution in [0.4, 0.5) is 0 Å². The summed E-state index contributed by atoms with van der Waals surface area (Å²) in [6.45, 7) is 7.10. The average Bonchev–Trinajstić information content (AvgIpc) is 3.15. The van der Waals surface area contributed by atoms with Crippen molar-refractivity contribution in [2.75, 3.05) is 0 Å². The van der Waals surface area contributed by atoms with Gasteiger partial charge in [-0.25, -0.2) is 0 Å². The quantitative estimate of drug-likeness (QED) is 0.340.